The van der Waals surface area contributed by atoms with Gasteiger partial charge >= 0.3 is 5.75 Å². The van der Waals surface area contributed by atoms with E-state index in [1.807, 2.05) is 0 Å². The average Bonchev–Trinajstić information content (AvgIpc) is 2.18. The fourth-order valence-corrected chi connectivity index (χ4v) is 1.01. The van der Waals surface area contributed by atoms with Gasteiger partial charge in [0, 0.05) is 12.1 Å². The van der Waals surface area contributed by atoms with E-state index in [0.29, 0.717) is 17.2 Å². The zero-order valence-electron chi connectivity index (χ0n) is 7.88. The van der Waals surface area contributed by atoms with Gasteiger partial charge in [-0.05, 0) is 0 Å². The van der Waals surface area contributed by atoms with Crippen LogP contribution < -0.4 is 14.2 Å². The first-order chi connectivity index (χ1) is 6.22. The summed E-state index contributed by atoms with van der Waals surface area (Å²) in [6.45, 7) is 0. The molecule has 1 aromatic carbocycles. The molecule has 1 rings (SSSR count). The molecule has 0 fully saturated rings. The summed E-state index contributed by atoms with van der Waals surface area (Å²) in [5.41, 5.74) is 0. The lowest BCUT2D eigenvalue weighted by molar-refractivity contribution is 0.332. The van der Waals surface area contributed by atoms with Crippen LogP contribution in [-0.2, 0) is 0 Å². The van der Waals surface area contributed by atoms with Gasteiger partial charge in [0.25, 0.3) is 0 Å². The number of hydrogen-bond donors (Lipinski definition) is 0. The largest absolute Gasteiger partial charge is 0.588 e. The monoisotopic (exact) mass is 185 g/mol. The normalized spacial score (nSPS) is 9.46. The van der Waals surface area contributed by atoms with Gasteiger partial charge in [0.2, 0.25) is 11.5 Å². The maximum atomic E-state index is 7.61. The van der Waals surface area contributed by atoms with Crippen molar-refractivity contribution in [2.75, 3.05) is 21.3 Å². The molecule has 0 saturated heterocycles. The fourth-order valence-electron chi connectivity index (χ4n) is 1.01. The Bertz CT molecular complexity index is 271. The molecule has 0 aliphatic carbocycles. The van der Waals surface area contributed by atoms with Gasteiger partial charge in [0.05, 0.1) is 21.3 Å². The molecule has 2 N–H and O–H groups in total. The fraction of sp³-hybridized carbons (Fsp3) is 0.333. The van der Waals surface area contributed by atoms with Crippen molar-refractivity contribution in [1.29, 1.82) is 0 Å². The van der Waals surface area contributed by atoms with Crippen molar-refractivity contribution in [3.8, 4) is 23.0 Å². The van der Waals surface area contributed by atoms with Crippen molar-refractivity contribution < 1.29 is 19.3 Å². The molecule has 4 nitrogen and oxygen atoms in total. The number of benzene rings is 1. The molecule has 72 valence electrons. The predicted octanol–water partition coefficient (Wildman–Crippen LogP) is 1.15. The molecule has 0 aliphatic heterocycles. The summed E-state index contributed by atoms with van der Waals surface area (Å²) in [7, 11) is 4.57. The minimum absolute atomic E-state index is 0.228. The number of methoxy groups -OCH3 is 3. The van der Waals surface area contributed by atoms with Crippen LogP contribution in [0.3, 0.4) is 0 Å². The van der Waals surface area contributed by atoms with E-state index in [4.69, 9.17) is 19.3 Å². The van der Waals surface area contributed by atoms with Gasteiger partial charge in [-0.1, -0.05) is 0 Å². The molecule has 0 aromatic heterocycles. The molecule has 0 saturated carbocycles. The summed E-state index contributed by atoms with van der Waals surface area (Å²) in [6.07, 6.45) is 0. The highest BCUT2D eigenvalue weighted by Crippen LogP contribution is 2.39. The van der Waals surface area contributed by atoms with Gasteiger partial charge in [-0.15, -0.1) is 0 Å². The Morgan fingerprint density at radius 2 is 1.38 bits per heavy atom. The van der Waals surface area contributed by atoms with E-state index in [1.54, 1.807) is 19.2 Å². The Morgan fingerprint density at radius 1 is 0.923 bits per heavy atom. The van der Waals surface area contributed by atoms with E-state index < -0.39 is 0 Å². The van der Waals surface area contributed by atoms with Gasteiger partial charge < -0.3 is 19.3 Å². The summed E-state index contributed by atoms with van der Waals surface area (Å²) < 4.78 is 15.0. The molecule has 4 heteroatoms. The summed E-state index contributed by atoms with van der Waals surface area (Å²) in [6, 6.07) is 3.29. The van der Waals surface area contributed by atoms with Crippen molar-refractivity contribution in [2.24, 2.45) is 0 Å². The third-order valence-corrected chi connectivity index (χ3v) is 1.72. The Kier molecular flexibility index (Phi) is 2.84. The molecule has 0 amide bonds. The molecule has 0 unspecified atom stereocenters. The van der Waals surface area contributed by atoms with E-state index in [0.717, 1.165) is 0 Å². The van der Waals surface area contributed by atoms with E-state index in [9.17, 15) is 0 Å². The molecular weight excluding hydrogens is 172 g/mol. The number of hydrogen-bond acceptors (Lipinski definition) is 3. The van der Waals surface area contributed by atoms with Crippen molar-refractivity contribution in [2.45, 2.75) is 0 Å². The van der Waals surface area contributed by atoms with Gasteiger partial charge in [-0.3, -0.25) is 0 Å². The van der Waals surface area contributed by atoms with Crippen molar-refractivity contribution >= 4 is 0 Å². The van der Waals surface area contributed by atoms with Crippen LogP contribution in [0.15, 0.2) is 12.1 Å². The second-order valence-electron chi connectivity index (χ2n) is 2.41. The Balaban J connectivity index is 3.20. The summed E-state index contributed by atoms with van der Waals surface area (Å²) in [5.74, 6) is 1.72. The van der Waals surface area contributed by atoms with Gasteiger partial charge in [0.1, 0.15) is 5.75 Å². The molecule has 13 heavy (non-hydrogen) atoms. The average molecular weight is 185 g/mol. The molecule has 0 spiro atoms. The van der Waals surface area contributed by atoms with Crippen LogP contribution in [0.25, 0.3) is 0 Å². The van der Waals surface area contributed by atoms with Crippen LogP contribution in [0.4, 0.5) is 0 Å². The van der Waals surface area contributed by atoms with Gasteiger partial charge in [0.15, 0.2) is 0 Å². The third kappa shape index (κ3) is 1.77. The third-order valence-electron chi connectivity index (χ3n) is 1.72. The van der Waals surface area contributed by atoms with Crippen LogP contribution in [0.5, 0.6) is 23.0 Å². The zero-order valence-corrected chi connectivity index (χ0v) is 7.88. The summed E-state index contributed by atoms with van der Waals surface area (Å²) in [5, 5.41) is 7.61. The topological polar surface area (TPSA) is 50.6 Å². The number of rotatable bonds is 3. The lowest BCUT2D eigenvalue weighted by Gasteiger charge is -2.07. The standard InChI is InChI=1S/C9H12O4/c1-11-6-4-7(12-2)9(10)8(5-6)13-3/h4-5,10H,1-3H3/p+1. The summed E-state index contributed by atoms with van der Waals surface area (Å²) >= 11 is 0. The molecule has 0 aliphatic rings. The molecule has 0 heterocycles. The highest BCUT2D eigenvalue weighted by Gasteiger charge is 2.15. The quantitative estimate of drug-likeness (QED) is 0.664. The van der Waals surface area contributed by atoms with Gasteiger partial charge in [-0.25, -0.2) is 0 Å². The maximum Gasteiger partial charge on any atom is 0.340 e. The predicted molar refractivity (Wildman–Crippen MR) is 49.2 cm³/mol. The van der Waals surface area contributed by atoms with E-state index >= 15 is 0 Å². The Labute approximate surface area is 76.7 Å². The minimum atomic E-state index is 0.228. The van der Waals surface area contributed by atoms with Crippen molar-refractivity contribution in [3.63, 3.8) is 0 Å². The summed E-state index contributed by atoms with van der Waals surface area (Å²) in [4.78, 5) is 0. The SMILES string of the molecule is COc1cc(OC)c([OH2+])c(OC)c1. The Hall–Kier alpha value is -1.58. The Morgan fingerprint density at radius 3 is 1.69 bits per heavy atom. The lowest BCUT2D eigenvalue weighted by Crippen LogP contribution is -1.91. The lowest BCUT2D eigenvalue weighted by atomic mass is 10.2. The highest BCUT2D eigenvalue weighted by atomic mass is 16.5. The number of ether oxygens (including phenoxy) is 3. The van der Waals surface area contributed by atoms with Crippen LogP contribution in [0, 0.1) is 0 Å². The second-order valence-corrected chi connectivity index (χ2v) is 2.41. The van der Waals surface area contributed by atoms with Gasteiger partial charge in [-0.2, -0.15) is 0 Å². The van der Waals surface area contributed by atoms with E-state index in [-0.39, 0.29) is 5.75 Å². The molecule has 0 atom stereocenters. The van der Waals surface area contributed by atoms with E-state index in [1.165, 1.54) is 14.2 Å². The molecule has 1 aromatic rings. The van der Waals surface area contributed by atoms with Crippen LogP contribution in [-0.4, -0.2) is 26.4 Å². The first-order valence-electron chi connectivity index (χ1n) is 3.74. The van der Waals surface area contributed by atoms with Crippen molar-refractivity contribution in [3.05, 3.63) is 12.1 Å². The first kappa shape index (κ1) is 9.51. The van der Waals surface area contributed by atoms with Crippen LogP contribution in [0.1, 0.15) is 0 Å². The molecule has 0 bridgehead atoms. The molecule has 0 radical (unpaired) electrons. The smallest absolute Gasteiger partial charge is 0.340 e. The van der Waals surface area contributed by atoms with Crippen molar-refractivity contribution in [1.82, 2.24) is 0 Å². The maximum absolute atomic E-state index is 7.61. The van der Waals surface area contributed by atoms with E-state index in [2.05, 4.69) is 0 Å². The first-order valence-corrected chi connectivity index (χ1v) is 3.74. The van der Waals surface area contributed by atoms with Crippen LogP contribution >= 0.6 is 0 Å². The minimum Gasteiger partial charge on any atom is -0.588 e. The second kappa shape index (κ2) is 3.89. The molecular formula is C9H13O4+. The zero-order chi connectivity index (χ0) is 9.84. The van der Waals surface area contributed by atoms with Crippen LogP contribution in [0.2, 0.25) is 0 Å². The highest BCUT2D eigenvalue weighted by molar-refractivity contribution is 5.54.